The zero-order chi connectivity index (χ0) is 20.4. The minimum atomic E-state index is -0.855. The summed E-state index contributed by atoms with van der Waals surface area (Å²) in [6.07, 6.45) is 7.35. The van der Waals surface area contributed by atoms with Crippen LogP contribution in [0.2, 0.25) is 0 Å². The molecule has 1 aromatic heterocycles. The van der Waals surface area contributed by atoms with Crippen molar-refractivity contribution in [3.05, 3.63) is 35.9 Å². The standard InChI is InChI=1S/C22H28N2O5/c1-2-28-21(27)22-9-5-8-18(22)24(15-17-7-6-12-29-17)20(26)16(14-22)13-19(25)23-10-3-4-11-23/h6-8,12,16H,2-5,9-11,13-15H2,1H3/t16-,22+/m1/s1. The third-order valence-electron chi connectivity index (χ3n) is 6.34. The molecule has 0 saturated carbocycles. The van der Waals surface area contributed by atoms with Gasteiger partial charge in [0, 0.05) is 31.1 Å². The fraction of sp³-hybridized carbons (Fsp3) is 0.591. The number of hydrogen-bond donors (Lipinski definition) is 0. The summed E-state index contributed by atoms with van der Waals surface area (Å²) in [6, 6.07) is 3.59. The fourth-order valence-corrected chi connectivity index (χ4v) is 4.95. The highest BCUT2D eigenvalue weighted by Gasteiger charge is 2.55. The van der Waals surface area contributed by atoms with E-state index >= 15 is 0 Å². The molecule has 0 aromatic carbocycles. The van der Waals surface area contributed by atoms with Gasteiger partial charge in [-0.2, -0.15) is 0 Å². The molecule has 2 aliphatic heterocycles. The molecule has 29 heavy (non-hydrogen) atoms. The van der Waals surface area contributed by atoms with Crippen LogP contribution in [0.25, 0.3) is 0 Å². The number of piperidine rings is 1. The number of esters is 1. The Kier molecular flexibility index (Phi) is 5.48. The summed E-state index contributed by atoms with van der Waals surface area (Å²) in [5, 5.41) is 0. The molecule has 4 rings (SSSR count). The summed E-state index contributed by atoms with van der Waals surface area (Å²) in [5.41, 5.74) is -0.144. The Balaban J connectivity index is 1.63. The van der Waals surface area contributed by atoms with E-state index in [1.165, 1.54) is 0 Å². The van der Waals surface area contributed by atoms with Crippen molar-refractivity contribution in [2.75, 3.05) is 19.7 Å². The zero-order valence-electron chi connectivity index (χ0n) is 16.9. The van der Waals surface area contributed by atoms with E-state index in [4.69, 9.17) is 9.15 Å². The molecule has 0 unspecified atom stereocenters. The lowest BCUT2D eigenvalue weighted by Crippen LogP contribution is -2.52. The Hall–Kier alpha value is -2.57. The predicted molar refractivity (Wildman–Crippen MR) is 104 cm³/mol. The summed E-state index contributed by atoms with van der Waals surface area (Å²) in [5.74, 6) is -0.280. The molecule has 156 valence electrons. The molecule has 0 radical (unpaired) electrons. The molecule has 3 heterocycles. The quantitative estimate of drug-likeness (QED) is 0.686. The smallest absolute Gasteiger partial charge is 0.318 e. The van der Waals surface area contributed by atoms with Gasteiger partial charge in [0.15, 0.2) is 0 Å². The lowest BCUT2D eigenvalue weighted by atomic mass is 9.71. The van der Waals surface area contributed by atoms with Gasteiger partial charge in [0.2, 0.25) is 11.8 Å². The van der Waals surface area contributed by atoms with Crippen LogP contribution in [-0.2, 0) is 25.7 Å². The lowest BCUT2D eigenvalue weighted by molar-refractivity contribution is -0.161. The molecule has 2 atom stereocenters. The Morgan fingerprint density at radius 1 is 1.31 bits per heavy atom. The van der Waals surface area contributed by atoms with Crippen LogP contribution in [0.15, 0.2) is 34.6 Å². The topological polar surface area (TPSA) is 80.1 Å². The van der Waals surface area contributed by atoms with Crippen LogP contribution in [0.1, 0.15) is 51.2 Å². The van der Waals surface area contributed by atoms with Crippen molar-refractivity contribution in [3.8, 4) is 0 Å². The van der Waals surface area contributed by atoms with Crippen molar-refractivity contribution in [1.29, 1.82) is 0 Å². The van der Waals surface area contributed by atoms with E-state index in [0.29, 0.717) is 30.7 Å². The monoisotopic (exact) mass is 400 g/mol. The molecule has 2 saturated heterocycles. The van der Waals surface area contributed by atoms with E-state index in [1.54, 1.807) is 24.2 Å². The van der Waals surface area contributed by atoms with Gasteiger partial charge < -0.3 is 19.0 Å². The SMILES string of the molecule is CCOC(=O)[C@]12CCC=C1N(Cc1ccco1)C(=O)[C@H](CC(=O)N1CCCC1)C2. The largest absolute Gasteiger partial charge is 0.467 e. The first-order valence-corrected chi connectivity index (χ1v) is 10.5. The zero-order valence-corrected chi connectivity index (χ0v) is 16.9. The molecule has 1 aliphatic carbocycles. The van der Waals surface area contributed by atoms with Gasteiger partial charge in [0.25, 0.3) is 0 Å². The lowest BCUT2D eigenvalue weighted by Gasteiger charge is -2.44. The first-order chi connectivity index (χ1) is 14.0. The minimum absolute atomic E-state index is 0.00299. The number of hydrogen-bond acceptors (Lipinski definition) is 5. The first kappa shape index (κ1) is 19.7. The van der Waals surface area contributed by atoms with E-state index < -0.39 is 11.3 Å². The van der Waals surface area contributed by atoms with Gasteiger partial charge in [0.1, 0.15) is 11.2 Å². The molecule has 0 bridgehead atoms. The van der Waals surface area contributed by atoms with Crippen LogP contribution >= 0.6 is 0 Å². The number of carbonyl (C=O) groups is 3. The number of furan rings is 1. The van der Waals surface area contributed by atoms with Gasteiger partial charge in [-0.3, -0.25) is 14.4 Å². The first-order valence-electron chi connectivity index (χ1n) is 10.5. The predicted octanol–water partition coefficient (Wildman–Crippen LogP) is 2.87. The number of nitrogens with zero attached hydrogens (tertiary/aromatic N) is 2. The van der Waals surface area contributed by atoms with Crippen molar-refractivity contribution in [1.82, 2.24) is 9.80 Å². The number of amides is 2. The highest BCUT2D eigenvalue weighted by molar-refractivity contribution is 5.92. The van der Waals surface area contributed by atoms with E-state index in [-0.39, 0.29) is 37.4 Å². The van der Waals surface area contributed by atoms with Crippen molar-refractivity contribution in [2.24, 2.45) is 11.3 Å². The number of rotatable bonds is 6. The maximum absolute atomic E-state index is 13.4. The summed E-state index contributed by atoms with van der Waals surface area (Å²) in [6.45, 7) is 3.84. The summed E-state index contributed by atoms with van der Waals surface area (Å²) in [7, 11) is 0. The number of carbonyl (C=O) groups excluding carboxylic acids is 3. The molecule has 0 spiro atoms. The van der Waals surface area contributed by atoms with Gasteiger partial charge >= 0.3 is 5.97 Å². The van der Waals surface area contributed by atoms with Crippen molar-refractivity contribution >= 4 is 17.8 Å². The van der Waals surface area contributed by atoms with Crippen LogP contribution < -0.4 is 0 Å². The number of ether oxygens (including phenoxy) is 1. The summed E-state index contributed by atoms with van der Waals surface area (Å²) >= 11 is 0. The molecule has 7 heteroatoms. The van der Waals surface area contributed by atoms with E-state index in [1.807, 2.05) is 17.0 Å². The number of allylic oxidation sites excluding steroid dienone is 1. The molecular weight excluding hydrogens is 372 g/mol. The second-order valence-electron chi connectivity index (χ2n) is 8.13. The van der Waals surface area contributed by atoms with E-state index in [0.717, 1.165) is 25.9 Å². The van der Waals surface area contributed by atoms with Crippen LogP contribution in [-0.4, -0.2) is 47.3 Å². The van der Waals surface area contributed by atoms with Crippen LogP contribution in [0.5, 0.6) is 0 Å². The Bertz CT molecular complexity index is 809. The Morgan fingerprint density at radius 2 is 2.10 bits per heavy atom. The molecule has 2 fully saturated rings. The molecule has 2 amide bonds. The van der Waals surface area contributed by atoms with Gasteiger partial charge in [-0.15, -0.1) is 0 Å². The van der Waals surface area contributed by atoms with E-state index in [2.05, 4.69) is 0 Å². The van der Waals surface area contributed by atoms with Gasteiger partial charge in [0.05, 0.1) is 19.4 Å². The van der Waals surface area contributed by atoms with Crippen LogP contribution in [0.4, 0.5) is 0 Å². The van der Waals surface area contributed by atoms with Gasteiger partial charge in [-0.05, 0) is 51.2 Å². The average Bonchev–Trinajstić information content (AvgIpc) is 3.46. The van der Waals surface area contributed by atoms with E-state index in [9.17, 15) is 14.4 Å². The second kappa shape index (κ2) is 8.05. The highest BCUT2D eigenvalue weighted by atomic mass is 16.5. The second-order valence-corrected chi connectivity index (χ2v) is 8.13. The third kappa shape index (κ3) is 3.58. The molecule has 7 nitrogen and oxygen atoms in total. The number of likely N-dealkylation sites (tertiary alicyclic amines) is 2. The maximum Gasteiger partial charge on any atom is 0.318 e. The van der Waals surface area contributed by atoms with Crippen LogP contribution in [0, 0.1) is 11.3 Å². The summed E-state index contributed by atoms with van der Waals surface area (Å²) in [4.78, 5) is 42.7. The van der Waals surface area contributed by atoms with Crippen molar-refractivity contribution in [3.63, 3.8) is 0 Å². The van der Waals surface area contributed by atoms with Crippen LogP contribution in [0.3, 0.4) is 0 Å². The Labute approximate surface area is 170 Å². The Morgan fingerprint density at radius 3 is 2.79 bits per heavy atom. The minimum Gasteiger partial charge on any atom is -0.467 e. The molecule has 3 aliphatic rings. The third-order valence-corrected chi connectivity index (χ3v) is 6.34. The van der Waals surface area contributed by atoms with Crippen molar-refractivity contribution in [2.45, 2.75) is 52.0 Å². The molecule has 0 N–H and O–H groups in total. The average molecular weight is 400 g/mol. The summed E-state index contributed by atoms with van der Waals surface area (Å²) < 4.78 is 10.9. The molecular formula is C22H28N2O5. The number of fused-ring (bicyclic) bond motifs is 1. The normalized spacial score (nSPS) is 26.4. The highest BCUT2D eigenvalue weighted by Crippen LogP contribution is 2.51. The molecule has 1 aromatic rings. The fourth-order valence-electron chi connectivity index (χ4n) is 4.95. The maximum atomic E-state index is 13.4. The van der Waals surface area contributed by atoms with Crippen molar-refractivity contribution < 1.29 is 23.5 Å². The van der Waals surface area contributed by atoms with Gasteiger partial charge in [-0.25, -0.2) is 0 Å². The van der Waals surface area contributed by atoms with Gasteiger partial charge in [-0.1, -0.05) is 6.08 Å².